The molecule has 2 heterocycles. The summed E-state index contributed by atoms with van der Waals surface area (Å²) in [5.74, 6) is 0.520. The van der Waals surface area contributed by atoms with Gasteiger partial charge in [-0.05, 0) is 69.1 Å². The van der Waals surface area contributed by atoms with Crippen LogP contribution in [0.25, 0.3) is 0 Å². The zero-order valence-electron chi connectivity index (χ0n) is 15.5. The number of ether oxygens (including phenoxy) is 1. The molecule has 3 N–H and O–H groups in total. The molecule has 7 heteroatoms. The van der Waals surface area contributed by atoms with Crippen molar-refractivity contribution in [3.8, 4) is 5.88 Å². The number of amides is 1. The number of carbonyl (C=O) groups excluding carboxylic acids is 1. The number of nitrogens with zero attached hydrogens (tertiary/aromatic N) is 3. The number of hydrogen-bond acceptors (Lipinski definition) is 6. The number of methoxy groups -OCH3 is 1. The lowest BCUT2D eigenvalue weighted by molar-refractivity contribution is 0.0996. The van der Waals surface area contributed by atoms with Gasteiger partial charge in [0.1, 0.15) is 5.56 Å². The van der Waals surface area contributed by atoms with E-state index in [0.717, 1.165) is 18.8 Å². The summed E-state index contributed by atoms with van der Waals surface area (Å²) in [6, 6.07) is 6.33. The van der Waals surface area contributed by atoms with Gasteiger partial charge in [0.2, 0.25) is 11.8 Å². The fourth-order valence-corrected chi connectivity index (χ4v) is 3.41. The lowest BCUT2D eigenvalue weighted by Gasteiger charge is -2.30. The third kappa shape index (κ3) is 3.94. The Balaban J connectivity index is 1.77. The molecule has 1 aromatic heterocycles. The van der Waals surface area contributed by atoms with Crippen LogP contribution in [0.15, 0.2) is 24.4 Å². The molecule has 1 aliphatic heterocycles. The zero-order chi connectivity index (χ0) is 18.7. The fraction of sp³-hybridized carbons (Fsp3) is 0.421. The number of hydrogen-bond donors (Lipinski definition) is 2. The highest BCUT2D eigenvalue weighted by molar-refractivity contribution is 5.94. The average Bonchev–Trinajstić information content (AvgIpc) is 2.62. The highest BCUT2D eigenvalue weighted by atomic mass is 16.5. The standard InChI is InChI=1S/C19H25N5O2/c1-12-10-14(4-5-15(12)13-6-8-24(2)9-7-13)22-19-21-11-16(17(20)25)18(23-19)26-3/h4-5,10-11,13H,6-9H2,1-3H3,(H2,20,25)(H,21,22,23). The van der Waals surface area contributed by atoms with Crippen molar-refractivity contribution < 1.29 is 9.53 Å². The van der Waals surface area contributed by atoms with Gasteiger partial charge in [-0.2, -0.15) is 4.98 Å². The van der Waals surface area contributed by atoms with Crippen molar-refractivity contribution in [1.82, 2.24) is 14.9 Å². The van der Waals surface area contributed by atoms with Crippen LogP contribution in [0.4, 0.5) is 11.6 Å². The van der Waals surface area contributed by atoms with E-state index < -0.39 is 5.91 Å². The molecule has 1 aromatic carbocycles. The molecule has 26 heavy (non-hydrogen) atoms. The molecule has 1 amide bonds. The first-order valence-corrected chi connectivity index (χ1v) is 8.75. The monoisotopic (exact) mass is 355 g/mol. The average molecular weight is 355 g/mol. The number of primary amides is 1. The van der Waals surface area contributed by atoms with Crippen LogP contribution in [0.5, 0.6) is 5.88 Å². The number of nitrogens with one attached hydrogen (secondary N) is 1. The number of nitrogens with two attached hydrogens (primary N) is 1. The van der Waals surface area contributed by atoms with E-state index >= 15 is 0 Å². The van der Waals surface area contributed by atoms with E-state index in [1.54, 1.807) is 0 Å². The van der Waals surface area contributed by atoms with Gasteiger partial charge in [-0.25, -0.2) is 4.98 Å². The van der Waals surface area contributed by atoms with E-state index in [-0.39, 0.29) is 11.4 Å². The van der Waals surface area contributed by atoms with Crippen LogP contribution in [-0.2, 0) is 0 Å². The summed E-state index contributed by atoms with van der Waals surface area (Å²) in [4.78, 5) is 22.1. The first kappa shape index (κ1) is 18.1. The van der Waals surface area contributed by atoms with Crippen LogP contribution in [-0.4, -0.2) is 48.0 Å². The number of piperidine rings is 1. The molecular formula is C19H25N5O2. The molecule has 2 aromatic rings. The minimum atomic E-state index is -0.619. The minimum absolute atomic E-state index is 0.159. The molecule has 7 nitrogen and oxygen atoms in total. The smallest absolute Gasteiger partial charge is 0.255 e. The van der Waals surface area contributed by atoms with Gasteiger partial charge in [-0.15, -0.1) is 0 Å². The lowest BCUT2D eigenvalue weighted by Crippen LogP contribution is -2.29. The SMILES string of the molecule is COc1nc(Nc2ccc(C3CCN(C)CC3)c(C)c2)ncc1C(N)=O. The Morgan fingerprint density at radius 2 is 2.08 bits per heavy atom. The molecule has 0 saturated carbocycles. The number of aryl methyl sites for hydroxylation is 1. The van der Waals surface area contributed by atoms with Crippen molar-refractivity contribution in [2.45, 2.75) is 25.7 Å². The van der Waals surface area contributed by atoms with Gasteiger partial charge in [0.15, 0.2) is 0 Å². The first-order valence-electron chi connectivity index (χ1n) is 8.75. The number of rotatable bonds is 5. The van der Waals surface area contributed by atoms with Crippen molar-refractivity contribution in [2.75, 3.05) is 32.6 Å². The largest absolute Gasteiger partial charge is 0.480 e. The van der Waals surface area contributed by atoms with Crippen LogP contribution in [0.1, 0.15) is 40.2 Å². The number of carbonyl (C=O) groups is 1. The quantitative estimate of drug-likeness (QED) is 0.856. The van der Waals surface area contributed by atoms with Crippen molar-refractivity contribution in [1.29, 1.82) is 0 Å². The molecule has 0 radical (unpaired) electrons. The molecule has 0 atom stereocenters. The highest BCUT2D eigenvalue weighted by Crippen LogP contribution is 2.31. The van der Waals surface area contributed by atoms with Crippen LogP contribution in [0, 0.1) is 6.92 Å². The minimum Gasteiger partial charge on any atom is -0.480 e. The molecular weight excluding hydrogens is 330 g/mol. The number of aromatic nitrogens is 2. The summed E-state index contributed by atoms with van der Waals surface area (Å²) in [5, 5.41) is 3.16. The van der Waals surface area contributed by atoms with E-state index in [9.17, 15) is 4.79 Å². The molecule has 1 saturated heterocycles. The molecule has 3 rings (SSSR count). The fourth-order valence-electron chi connectivity index (χ4n) is 3.41. The maximum absolute atomic E-state index is 11.3. The lowest BCUT2D eigenvalue weighted by atomic mass is 9.87. The van der Waals surface area contributed by atoms with Crippen LogP contribution in [0.3, 0.4) is 0 Å². The molecule has 0 aliphatic carbocycles. The van der Waals surface area contributed by atoms with Crippen molar-refractivity contribution in [2.24, 2.45) is 5.73 Å². The first-order chi connectivity index (χ1) is 12.5. The highest BCUT2D eigenvalue weighted by Gasteiger charge is 2.20. The van der Waals surface area contributed by atoms with Crippen molar-refractivity contribution >= 4 is 17.5 Å². The Labute approximate surface area is 153 Å². The summed E-state index contributed by atoms with van der Waals surface area (Å²) >= 11 is 0. The summed E-state index contributed by atoms with van der Waals surface area (Å²) in [6.07, 6.45) is 3.76. The van der Waals surface area contributed by atoms with E-state index in [1.165, 1.54) is 37.3 Å². The zero-order valence-corrected chi connectivity index (χ0v) is 15.5. The maximum atomic E-state index is 11.3. The van der Waals surface area contributed by atoms with Crippen LogP contribution < -0.4 is 15.8 Å². The van der Waals surface area contributed by atoms with Gasteiger partial charge in [-0.3, -0.25) is 4.79 Å². The van der Waals surface area contributed by atoms with Crippen LogP contribution >= 0.6 is 0 Å². The molecule has 1 aliphatic rings. The molecule has 0 spiro atoms. The number of likely N-dealkylation sites (tertiary alicyclic amines) is 1. The van der Waals surface area contributed by atoms with Gasteiger partial charge in [0.05, 0.1) is 7.11 Å². The third-order valence-electron chi connectivity index (χ3n) is 4.90. The Kier molecular flexibility index (Phi) is 5.37. The molecule has 138 valence electrons. The molecule has 0 unspecified atom stereocenters. The number of benzene rings is 1. The third-order valence-corrected chi connectivity index (χ3v) is 4.90. The Hall–Kier alpha value is -2.67. The predicted octanol–water partition coefficient (Wildman–Crippen LogP) is 2.45. The van der Waals surface area contributed by atoms with Gasteiger partial charge in [0.25, 0.3) is 5.91 Å². The number of anilines is 2. The maximum Gasteiger partial charge on any atom is 0.255 e. The van der Waals surface area contributed by atoms with Gasteiger partial charge < -0.3 is 20.7 Å². The Bertz CT molecular complexity index is 801. The summed E-state index contributed by atoms with van der Waals surface area (Å²) in [7, 11) is 3.62. The van der Waals surface area contributed by atoms with Crippen LogP contribution in [0.2, 0.25) is 0 Å². The molecule has 1 fully saturated rings. The summed E-state index contributed by atoms with van der Waals surface area (Å²) in [6.45, 7) is 4.42. The summed E-state index contributed by atoms with van der Waals surface area (Å²) in [5.41, 5.74) is 9.01. The van der Waals surface area contributed by atoms with Gasteiger partial charge >= 0.3 is 0 Å². The second-order valence-electron chi connectivity index (χ2n) is 6.75. The normalized spacial score (nSPS) is 15.7. The second kappa shape index (κ2) is 7.70. The second-order valence-corrected chi connectivity index (χ2v) is 6.75. The summed E-state index contributed by atoms with van der Waals surface area (Å²) < 4.78 is 5.12. The Morgan fingerprint density at radius 3 is 2.69 bits per heavy atom. The van der Waals surface area contributed by atoms with Crippen molar-refractivity contribution in [3.63, 3.8) is 0 Å². The topological polar surface area (TPSA) is 93.4 Å². The van der Waals surface area contributed by atoms with E-state index in [4.69, 9.17) is 10.5 Å². The van der Waals surface area contributed by atoms with E-state index in [2.05, 4.69) is 46.3 Å². The van der Waals surface area contributed by atoms with Gasteiger partial charge in [0, 0.05) is 11.9 Å². The van der Waals surface area contributed by atoms with E-state index in [0.29, 0.717) is 11.9 Å². The van der Waals surface area contributed by atoms with Gasteiger partial charge in [-0.1, -0.05) is 6.07 Å². The van der Waals surface area contributed by atoms with Crippen molar-refractivity contribution in [3.05, 3.63) is 41.1 Å². The molecule has 0 bridgehead atoms. The van der Waals surface area contributed by atoms with E-state index in [1.807, 2.05) is 6.07 Å². The Morgan fingerprint density at radius 1 is 1.35 bits per heavy atom. The predicted molar refractivity (Wildman–Crippen MR) is 101 cm³/mol.